The zero-order chi connectivity index (χ0) is 22.9. The van der Waals surface area contributed by atoms with Crippen LogP contribution >= 0.6 is 11.3 Å². The Kier molecular flexibility index (Phi) is 8.50. The standard InChI is InChI=1S/C25H30N4O2S/c1-18(2)16-23(31)29(14-12-20-9-5-4-6-10-20)15-13-22(30)26-25-28-27-24(32-25)21-11-7-8-19(3)17-21/h4-11,17-18H,12-16H2,1-3H3,(H,26,28,30). The van der Waals surface area contributed by atoms with Crippen LogP contribution in [0.15, 0.2) is 54.6 Å². The quantitative estimate of drug-likeness (QED) is 0.474. The molecule has 1 N–H and O–H groups in total. The first-order chi connectivity index (χ1) is 15.4. The van der Waals surface area contributed by atoms with E-state index >= 15 is 0 Å². The van der Waals surface area contributed by atoms with Crippen molar-refractivity contribution in [3.8, 4) is 10.6 Å². The fraction of sp³-hybridized carbons (Fsp3) is 0.360. The monoisotopic (exact) mass is 450 g/mol. The van der Waals surface area contributed by atoms with Gasteiger partial charge in [0.1, 0.15) is 5.01 Å². The maximum absolute atomic E-state index is 12.7. The molecular formula is C25H30N4O2S. The molecule has 2 aromatic carbocycles. The van der Waals surface area contributed by atoms with Crippen molar-refractivity contribution in [1.82, 2.24) is 15.1 Å². The maximum atomic E-state index is 12.7. The zero-order valence-electron chi connectivity index (χ0n) is 18.9. The van der Waals surface area contributed by atoms with Gasteiger partial charge in [-0.05, 0) is 30.9 Å². The third-order valence-corrected chi connectivity index (χ3v) is 5.88. The normalized spacial score (nSPS) is 10.9. The van der Waals surface area contributed by atoms with Gasteiger partial charge >= 0.3 is 0 Å². The molecule has 168 valence electrons. The van der Waals surface area contributed by atoms with Crippen LogP contribution in [0.3, 0.4) is 0 Å². The van der Waals surface area contributed by atoms with Crippen molar-refractivity contribution in [2.75, 3.05) is 18.4 Å². The predicted octanol–water partition coefficient (Wildman–Crippen LogP) is 4.96. The summed E-state index contributed by atoms with van der Waals surface area (Å²) in [5, 5.41) is 12.3. The van der Waals surface area contributed by atoms with E-state index < -0.39 is 0 Å². The molecule has 0 spiro atoms. The van der Waals surface area contributed by atoms with Gasteiger partial charge in [-0.1, -0.05) is 79.3 Å². The summed E-state index contributed by atoms with van der Waals surface area (Å²) < 4.78 is 0. The smallest absolute Gasteiger partial charge is 0.227 e. The number of nitrogens with zero attached hydrogens (tertiary/aromatic N) is 3. The van der Waals surface area contributed by atoms with E-state index in [0.717, 1.165) is 22.6 Å². The fourth-order valence-electron chi connectivity index (χ4n) is 3.34. The average molecular weight is 451 g/mol. The lowest BCUT2D eigenvalue weighted by Gasteiger charge is -2.23. The Morgan fingerprint density at radius 2 is 1.81 bits per heavy atom. The van der Waals surface area contributed by atoms with E-state index in [1.165, 1.54) is 16.9 Å². The first-order valence-corrected chi connectivity index (χ1v) is 11.7. The van der Waals surface area contributed by atoms with Gasteiger partial charge in [0.15, 0.2) is 0 Å². The highest BCUT2D eigenvalue weighted by atomic mass is 32.1. The number of hydrogen-bond donors (Lipinski definition) is 1. The van der Waals surface area contributed by atoms with Crippen molar-refractivity contribution in [2.45, 2.75) is 40.0 Å². The number of anilines is 1. The summed E-state index contributed by atoms with van der Waals surface area (Å²) in [4.78, 5) is 27.0. The molecule has 7 heteroatoms. The Morgan fingerprint density at radius 3 is 2.53 bits per heavy atom. The van der Waals surface area contributed by atoms with Crippen molar-refractivity contribution in [3.63, 3.8) is 0 Å². The van der Waals surface area contributed by atoms with Gasteiger partial charge in [0.05, 0.1) is 0 Å². The first kappa shape index (κ1) is 23.6. The van der Waals surface area contributed by atoms with Gasteiger partial charge in [-0.15, -0.1) is 10.2 Å². The van der Waals surface area contributed by atoms with Crippen molar-refractivity contribution in [2.24, 2.45) is 5.92 Å². The van der Waals surface area contributed by atoms with Crippen molar-refractivity contribution >= 4 is 28.3 Å². The summed E-state index contributed by atoms with van der Waals surface area (Å²) in [7, 11) is 0. The zero-order valence-corrected chi connectivity index (χ0v) is 19.7. The van der Waals surface area contributed by atoms with Crippen LogP contribution in [-0.2, 0) is 16.0 Å². The molecule has 0 unspecified atom stereocenters. The number of benzene rings is 2. The Balaban J connectivity index is 1.56. The van der Waals surface area contributed by atoms with Crippen LogP contribution in [0, 0.1) is 12.8 Å². The van der Waals surface area contributed by atoms with Crippen LogP contribution < -0.4 is 5.32 Å². The third-order valence-electron chi connectivity index (χ3n) is 4.99. The van der Waals surface area contributed by atoms with E-state index in [-0.39, 0.29) is 24.2 Å². The van der Waals surface area contributed by atoms with Crippen LogP contribution in [0.1, 0.15) is 37.8 Å². The lowest BCUT2D eigenvalue weighted by Crippen LogP contribution is -2.36. The van der Waals surface area contributed by atoms with E-state index in [0.29, 0.717) is 24.6 Å². The van der Waals surface area contributed by atoms with E-state index in [1.807, 2.05) is 63.2 Å². The third kappa shape index (κ3) is 7.27. The molecule has 0 fully saturated rings. The van der Waals surface area contributed by atoms with E-state index in [9.17, 15) is 9.59 Å². The number of amides is 2. The van der Waals surface area contributed by atoms with E-state index in [4.69, 9.17) is 0 Å². The van der Waals surface area contributed by atoms with Crippen molar-refractivity contribution in [1.29, 1.82) is 0 Å². The second kappa shape index (κ2) is 11.5. The minimum absolute atomic E-state index is 0.0846. The van der Waals surface area contributed by atoms with E-state index in [1.54, 1.807) is 4.90 Å². The molecule has 6 nitrogen and oxygen atoms in total. The molecule has 0 saturated heterocycles. The number of rotatable bonds is 10. The van der Waals surface area contributed by atoms with Crippen molar-refractivity contribution in [3.05, 3.63) is 65.7 Å². The fourth-order valence-corrected chi connectivity index (χ4v) is 4.09. The predicted molar refractivity (Wildman–Crippen MR) is 130 cm³/mol. The molecule has 0 aliphatic rings. The number of aromatic nitrogens is 2. The Hall–Kier alpha value is -3.06. The molecule has 3 aromatic rings. The molecule has 2 amide bonds. The van der Waals surface area contributed by atoms with Crippen LogP contribution in [-0.4, -0.2) is 40.0 Å². The molecule has 0 aliphatic carbocycles. The van der Waals surface area contributed by atoms with Crippen LogP contribution in [0.25, 0.3) is 10.6 Å². The summed E-state index contributed by atoms with van der Waals surface area (Å²) in [6.07, 6.45) is 1.47. The Labute approximate surface area is 193 Å². The number of hydrogen-bond acceptors (Lipinski definition) is 5. The minimum Gasteiger partial charge on any atom is -0.342 e. The summed E-state index contributed by atoms with van der Waals surface area (Å²) >= 11 is 1.34. The largest absolute Gasteiger partial charge is 0.342 e. The molecule has 0 bridgehead atoms. The van der Waals surface area contributed by atoms with Gasteiger partial charge < -0.3 is 10.2 Å². The van der Waals surface area contributed by atoms with Crippen LogP contribution in [0.4, 0.5) is 5.13 Å². The van der Waals surface area contributed by atoms with Gasteiger partial charge in [0.25, 0.3) is 0 Å². The summed E-state index contributed by atoms with van der Waals surface area (Å²) in [6.45, 7) is 7.06. The SMILES string of the molecule is Cc1cccc(-c2nnc(NC(=O)CCN(CCc3ccccc3)C(=O)CC(C)C)s2)c1. The molecule has 0 radical (unpaired) electrons. The number of aryl methyl sites for hydroxylation is 1. The topological polar surface area (TPSA) is 75.2 Å². The number of carbonyl (C=O) groups is 2. The van der Waals surface area contributed by atoms with Gasteiger partial charge in [-0.2, -0.15) is 0 Å². The molecule has 3 rings (SSSR count). The lowest BCUT2D eigenvalue weighted by molar-refractivity contribution is -0.132. The van der Waals surface area contributed by atoms with Gasteiger partial charge in [0.2, 0.25) is 16.9 Å². The molecular weight excluding hydrogens is 420 g/mol. The average Bonchev–Trinajstić information content (AvgIpc) is 3.22. The highest BCUT2D eigenvalue weighted by Gasteiger charge is 2.17. The minimum atomic E-state index is -0.168. The summed E-state index contributed by atoms with van der Waals surface area (Å²) in [6, 6.07) is 18.1. The highest BCUT2D eigenvalue weighted by molar-refractivity contribution is 7.18. The summed E-state index contributed by atoms with van der Waals surface area (Å²) in [5.74, 6) is 0.192. The van der Waals surface area contributed by atoms with Gasteiger partial charge in [-0.25, -0.2) is 0 Å². The summed E-state index contributed by atoms with van der Waals surface area (Å²) in [5.41, 5.74) is 3.30. The highest BCUT2D eigenvalue weighted by Crippen LogP contribution is 2.26. The first-order valence-electron chi connectivity index (χ1n) is 10.9. The molecule has 0 saturated carbocycles. The second-order valence-electron chi connectivity index (χ2n) is 8.29. The maximum Gasteiger partial charge on any atom is 0.227 e. The molecule has 32 heavy (non-hydrogen) atoms. The Morgan fingerprint density at radius 1 is 1.03 bits per heavy atom. The van der Waals surface area contributed by atoms with Crippen molar-refractivity contribution < 1.29 is 9.59 Å². The molecule has 0 atom stereocenters. The van der Waals surface area contributed by atoms with Crippen LogP contribution in [0.5, 0.6) is 0 Å². The van der Waals surface area contributed by atoms with Gasteiger partial charge in [-0.3, -0.25) is 9.59 Å². The van der Waals surface area contributed by atoms with Crippen LogP contribution in [0.2, 0.25) is 0 Å². The molecule has 1 heterocycles. The number of carbonyl (C=O) groups excluding carboxylic acids is 2. The molecule has 1 aromatic heterocycles. The Bertz CT molecular complexity index is 1030. The number of nitrogens with one attached hydrogen (secondary N) is 1. The van der Waals surface area contributed by atoms with E-state index in [2.05, 4.69) is 27.6 Å². The molecule has 0 aliphatic heterocycles. The van der Waals surface area contributed by atoms with Gasteiger partial charge in [0, 0.05) is 31.5 Å². The lowest BCUT2D eigenvalue weighted by atomic mass is 10.1. The second-order valence-corrected chi connectivity index (χ2v) is 9.27.